The first-order valence-electron chi connectivity index (χ1n) is 10.1. The van der Waals surface area contributed by atoms with Crippen LogP contribution in [0.3, 0.4) is 0 Å². The third-order valence-electron chi connectivity index (χ3n) is 5.55. The molecule has 0 amide bonds. The summed E-state index contributed by atoms with van der Waals surface area (Å²) in [6, 6.07) is 8.00. The molecule has 31 heavy (non-hydrogen) atoms. The average molecular weight is 424 g/mol. The van der Waals surface area contributed by atoms with Gasteiger partial charge in [0.25, 0.3) is 0 Å². The van der Waals surface area contributed by atoms with E-state index < -0.39 is 11.6 Å². The Balaban J connectivity index is 1.81. The van der Waals surface area contributed by atoms with Gasteiger partial charge in [-0.15, -0.1) is 0 Å². The lowest BCUT2D eigenvalue weighted by atomic mass is 10.1. The average Bonchev–Trinajstić information content (AvgIpc) is 3.16. The lowest BCUT2D eigenvalue weighted by Gasteiger charge is -2.12. The molecule has 0 saturated carbocycles. The molecule has 0 aliphatic carbocycles. The third kappa shape index (κ3) is 3.77. The van der Waals surface area contributed by atoms with Crippen LogP contribution in [0.15, 0.2) is 36.1 Å². The van der Waals surface area contributed by atoms with Crippen LogP contribution in [0.2, 0.25) is 0 Å². The normalized spacial score (nSPS) is 14.5. The highest BCUT2D eigenvalue weighted by molar-refractivity contribution is 6.15. The summed E-state index contributed by atoms with van der Waals surface area (Å²) in [5, 5.41) is 10.6. The Morgan fingerprint density at radius 3 is 2.74 bits per heavy atom. The molecule has 162 valence electrons. The molecule has 0 unspecified atom stereocenters. The molecule has 0 fully saturated rings. The van der Waals surface area contributed by atoms with E-state index in [1.807, 2.05) is 39.2 Å². The number of phenolic OH excluding ortho intramolecular Hbond substituents is 1. The smallest absolute Gasteiger partial charge is 0.234 e. The minimum Gasteiger partial charge on any atom is -0.508 e. The highest BCUT2D eigenvalue weighted by Crippen LogP contribution is 2.38. The summed E-state index contributed by atoms with van der Waals surface area (Å²) in [6.07, 6.45) is 2.61. The fraction of sp³-hybridized carbons (Fsp3) is 0.292. The van der Waals surface area contributed by atoms with Gasteiger partial charge in [-0.25, -0.2) is 4.39 Å². The predicted octanol–water partition coefficient (Wildman–Crippen LogP) is 4.37. The molecule has 1 aromatic heterocycles. The van der Waals surface area contributed by atoms with Gasteiger partial charge in [-0.1, -0.05) is 0 Å². The molecule has 1 aliphatic rings. The van der Waals surface area contributed by atoms with Crippen LogP contribution in [0.25, 0.3) is 17.0 Å². The van der Waals surface area contributed by atoms with Crippen LogP contribution in [0, 0.1) is 12.7 Å². The number of methoxy groups -OCH3 is 1. The van der Waals surface area contributed by atoms with Gasteiger partial charge in [-0.05, 0) is 58.3 Å². The largest absolute Gasteiger partial charge is 0.508 e. The number of nitrogens with zero attached hydrogens (tertiary/aromatic N) is 2. The van der Waals surface area contributed by atoms with Crippen LogP contribution >= 0.6 is 0 Å². The number of carbonyl (C=O) groups is 1. The standard InChI is InChI=1S/C24H25FN2O4/c1-14-17(13-22-24(29)23-19(25)10-15(28)11-21(23)31-22)18-12-16(30-4)6-7-20(18)27(14)9-5-8-26(2)3/h6-7,10-13,28H,5,8-9H2,1-4H3. The van der Waals surface area contributed by atoms with Crippen LogP contribution in [0.1, 0.15) is 28.0 Å². The Bertz CT molecular complexity index is 1210. The Morgan fingerprint density at radius 1 is 1.26 bits per heavy atom. The molecule has 2 aromatic carbocycles. The molecule has 3 aromatic rings. The molecule has 7 heteroatoms. The number of halogens is 1. The summed E-state index contributed by atoms with van der Waals surface area (Å²) < 4.78 is 27.5. The van der Waals surface area contributed by atoms with E-state index in [-0.39, 0.29) is 22.8 Å². The van der Waals surface area contributed by atoms with Crippen molar-refractivity contribution in [1.82, 2.24) is 9.47 Å². The summed E-state index contributed by atoms with van der Waals surface area (Å²) in [4.78, 5) is 14.9. The van der Waals surface area contributed by atoms with Gasteiger partial charge in [0.2, 0.25) is 5.78 Å². The summed E-state index contributed by atoms with van der Waals surface area (Å²) in [5.41, 5.74) is 2.66. The second-order valence-electron chi connectivity index (χ2n) is 7.93. The predicted molar refractivity (Wildman–Crippen MR) is 117 cm³/mol. The zero-order valence-corrected chi connectivity index (χ0v) is 18.0. The molecular formula is C24H25FN2O4. The summed E-state index contributed by atoms with van der Waals surface area (Å²) in [7, 11) is 5.69. The van der Waals surface area contributed by atoms with Crippen molar-refractivity contribution in [1.29, 1.82) is 0 Å². The maximum atomic E-state index is 14.2. The number of benzene rings is 2. The Kier molecular flexibility index (Phi) is 5.45. The van der Waals surface area contributed by atoms with Crippen LogP contribution in [0.4, 0.5) is 4.39 Å². The highest BCUT2D eigenvalue weighted by Gasteiger charge is 2.32. The van der Waals surface area contributed by atoms with Crippen LogP contribution in [0.5, 0.6) is 17.2 Å². The van der Waals surface area contributed by atoms with E-state index in [1.165, 1.54) is 6.07 Å². The Morgan fingerprint density at radius 2 is 2.03 bits per heavy atom. The van der Waals surface area contributed by atoms with Crippen molar-refractivity contribution < 1.29 is 23.8 Å². The first kappa shape index (κ1) is 20.9. The number of ether oxygens (including phenoxy) is 2. The van der Waals surface area contributed by atoms with Gasteiger partial charge in [0, 0.05) is 40.8 Å². The van der Waals surface area contributed by atoms with Crippen LogP contribution in [-0.2, 0) is 6.54 Å². The second kappa shape index (κ2) is 8.07. The minimum atomic E-state index is -0.798. The number of ketones is 1. The maximum Gasteiger partial charge on any atom is 0.234 e. The van der Waals surface area contributed by atoms with Gasteiger partial charge < -0.3 is 24.0 Å². The third-order valence-corrected chi connectivity index (χ3v) is 5.55. The van der Waals surface area contributed by atoms with Crippen molar-refractivity contribution in [2.75, 3.05) is 27.7 Å². The number of hydrogen-bond donors (Lipinski definition) is 1. The van der Waals surface area contributed by atoms with Crippen molar-refractivity contribution in [3.05, 3.63) is 58.7 Å². The number of rotatable bonds is 6. The number of Topliss-reactive ketones (excluding diaryl/α,β-unsaturated/α-hetero) is 1. The van der Waals surface area contributed by atoms with Crippen molar-refractivity contribution in [2.45, 2.75) is 19.9 Å². The van der Waals surface area contributed by atoms with Gasteiger partial charge in [0.15, 0.2) is 5.76 Å². The zero-order chi connectivity index (χ0) is 22.3. The fourth-order valence-electron chi connectivity index (χ4n) is 4.01. The molecule has 0 radical (unpaired) electrons. The number of carbonyl (C=O) groups excluding carboxylic acids is 1. The van der Waals surface area contributed by atoms with Crippen molar-refractivity contribution in [2.24, 2.45) is 0 Å². The molecule has 2 heterocycles. The van der Waals surface area contributed by atoms with Crippen molar-refractivity contribution in [3.8, 4) is 17.2 Å². The monoisotopic (exact) mass is 424 g/mol. The molecule has 0 bridgehead atoms. The molecular weight excluding hydrogens is 399 g/mol. The number of aromatic nitrogens is 1. The molecule has 0 saturated heterocycles. The lowest BCUT2D eigenvalue weighted by Crippen LogP contribution is -2.15. The van der Waals surface area contributed by atoms with Crippen LogP contribution < -0.4 is 9.47 Å². The van der Waals surface area contributed by atoms with E-state index in [9.17, 15) is 14.3 Å². The number of phenols is 1. The van der Waals surface area contributed by atoms with E-state index >= 15 is 0 Å². The summed E-state index contributed by atoms with van der Waals surface area (Å²) in [6.45, 7) is 3.76. The number of allylic oxidation sites excluding steroid dienone is 1. The van der Waals surface area contributed by atoms with E-state index in [0.717, 1.165) is 47.7 Å². The first-order valence-corrected chi connectivity index (χ1v) is 10.1. The van der Waals surface area contributed by atoms with Crippen LogP contribution in [-0.4, -0.2) is 48.1 Å². The molecule has 1 aliphatic heterocycles. The molecule has 4 rings (SSSR count). The van der Waals surface area contributed by atoms with E-state index in [2.05, 4.69) is 9.47 Å². The number of aromatic hydroxyl groups is 1. The van der Waals surface area contributed by atoms with E-state index in [0.29, 0.717) is 5.75 Å². The van der Waals surface area contributed by atoms with Gasteiger partial charge in [0.05, 0.1) is 7.11 Å². The summed E-state index contributed by atoms with van der Waals surface area (Å²) >= 11 is 0. The van der Waals surface area contributed by atoms with Gasteiger partial charge in [-0.3, -0.25) is 4.79 Å². The molecule has 1 N–H and O–H groups in total. The highest BCUT2D eigenvalue weighted by atomic mass is 19.1. The minimum absolute atomic E-state index is 0.0257. The molecule has 6 nitrogen and oxygen atoms in total. The molecule has 0 atom stereocenters. The lowest BCUT2D eigenvalue weighted by molar-refractivity contribution is 0.101. The van der Waals surface area contributed by atoms with Gasteiger partial charge in [0.1, 0.15) is 28.6 Å². The SMILES string of the molecule is COc1ccc2c(c1)c(C=C1Oc3cc(O)cc(F)c3C1=O)c(C)n2CCCN(C)C. The molecule has 0 spiro atoms. The van der Waals surface area contributed by atoms with Gasteiger partial charge >= 0.3 is 0 Å². The number of fused-ring (bicyclic) bond motifs is 2. The zero-order valence-electron chi connectivity index (χ0n) is 18.0. The van der Waals surface area contributed by atoms with E-state index in [4.69, 9.17) is 9.47 Å². The topological polar surface area (TPSA) is 63.9 Å². The van der Waals surface area contributed by atoms with Crippen molar-refractivity contribution >= 4 is 22.8 Å². The maximum absolute atomic E-state index is 14.2. The fourth-order valence-corrected chi connectivity index (χ4v) is 4.01. The first-order chi connectivity index (χ1) is 14.8. The summed E-state index contributed by atoms with van der Waals surface area (Å²) in [5.74, 6) is -0.869. The van der Waals surface area contributed by atoms with Crippen molar-refractivity contribution in [3.63, 3.8) is 0 Å². The Hall–Kier alpha value is -3.32. The Labute approximate surface area is 180 Å². The number of hydrogen-bond acceptors (Lipinski definition) is 5. The van der Waals surface area contributed by atoms with Gasteiger partial charge in [-0.2, -0.15) is 0 Å². The van der Waals surface area contributed by atoms with E-state index in [1.54, 1.807) is 13.2 Å². The quantitative estimate of drug-likeness (QED) is 0.596. The second-order valence-corrected chi connectivity index (χ2v) is 7.93. The number of aryl methyl sites for hydroxylation is 1.